The molecule has 3 aromatic rings. The number of likely N-dealkylation sites (N-methyl/N-ethyl adjacent to an activating group) is 1. The van der Waals surface area contributed by atoms with E-state index in [9.17, 15) is 4.79 Å². The Labute approximate surface area is 186 Å². The lowest BCUT2D eigenvalue weighted by Gasteiger charge is -2.27. The molecule has 1 fully saturated rings. The first-order chi connectivity index (χ1) is 15.7. The maximum Gasteiger partial charge on any atom is 0.244 e. The van der Waals surface area contributed by atoms with E-state index in [-0.39, 0.29) is 12.5 Å². The van der Waals surface area contributed by atoms with Crippen molar-refractivity contribution < 1.29 is 9.53 Å². The molecule has 1 saturated heterocycles. The maximum atomic E-state index is 12.8. The molecule has 1 amide bonds. The highest BCUT2D eigenvalue weighted by molar-refractivity contribution is 5.93. The summed E-state index contributed by atoms with van der Waals surface area (Å²) >= 11 is 0. The molecule has 9 nitrogen and oxygen atoms in total. The molecule has 9 heteroatoms. The minimum atomic E-state index is 0.0277. The van der Waals surface area contributed by atoms with Crippen molar-refractivity contribution in [3.05, 3.63) is 30.0 Å². The molecule has 166 valence electrons. The predicted molar refractivity (Wildman–Crippen MR) is 124 cm³/mol. The van der Waals surface area contributed by atoms with Crippen LogP contribution in [0.1, 0.15) is 19.4 Å². The highest BCUT2D eigenvalue weighted by Crippen LogP contribution is 2.33. The van der Waals surface area contributed by atoms with Crippen LogP contribution in [0.15, 0.2) is 29.4 Å². The molecule has 0 saturated carbocycles. The molecule has 1 aromatic carbocycles. The fourth-order valence-electron chi connectivity index (χ4n) is 4.24. The lowest BCUT2D eigenvalue weighted by molar-refractivity contribution is -0.131. The normalized spacial score (nSPS) is 15.4. The van der Waals surface area contributed by atoms with Gasteiger partial charge in [0.15, 0.2) is 5.65 Å². The molecule has 0 N–H and O–H groups in total. The molecule has 2 aromatic heterocycles. The van der Waals surface area contributed by atoms with Crippen molar-refractivity contribution in [3.63, 3.8) is 0 Å². The van der Waals surface area contributed by atoms with Gasteiger partial charge >= 0.3 is 0 Å². The highest BCUT2D eigenvalue weighted by Gasteiger charge is 2.22. The Bertz CT molecular complexity index is 1180. The van der Waals surface area contributed by atoms with Gasteiger partial charge in [0.25, 0.3) is 0 Å². The second-order valence-electron chi connectivity index (χ2n) is 7.94. The van der Waals surface area contributed by atoms with Gasteiger partial charge in [-0.25, -0.2) is 9.67 Å². The summed E-state index contributed by atoms with van der Waals surface area (Å²) in [7, 11) is 0. The molecular formula is C23H27N7O2. The number of ether oxygens (including phenoxy) is 1. The number of anilines is 1. The lowest BCUT2D eigenvalue weighted by Crippen LogP contribution is -2.37. The molecule has 0 aliphatic carbocycles. The first-order valence-electron chi connectivity index (χ1n) is 11.2. The molecule has 0 radical (unpaired) electrons. The Balaban J connectivity index is 1.61. The van der Waals surface area contributed by atoms with Crippen molar-refractivity contribution in [1.82, 2.24) is 24.6 Å². The van der Waals surface area contributed by atoms with Gasteiger partial charge in [-0.1, -0.05) is 12.1 Å². The summed E-state index contributed by atoms with van der Waals surface area (Å²) in [4.78, 5) is 31.0. The summed E-state index contributed by atoms with van der Waals surface area (Å²) in [5, 5.41) is 5.35. The number of carbonyl (C=O) groups excluding carboxylic acids is 1. The zero-order chi connectivity index (χ0) is 22.1. The highest BCUT2D eigenvalue weighted by atomic mass is 16.5. The number of benzene rings is 1. The largest absolute Gasteiger partial charge is 0.378 e. The number of aromatic nitrogens is 4. The minimum absolute atomic E-state index is 0.0277. The van der Waals surface area contributed by atoms with E-state index in [1.165, 1.54) is 5.56 Å². The van der Waals surface area contributed by atoms with E-state index in [0.29, 0.717) is 37.9 Å². The fourth-order valence-corrected chi connectivity index (χ4v) is 4.24. The number of aliphatic imine (C=N–C) groups is 1. The van der Waals surface area contributed by atoms with Gasteiger partial charge in [0, 0.05) is 44.4 Å². The number of morpholine rings is 1. The van der Waals surface area contributed by atoms with Crippen LogP contribution in [0, 0.1) is 0 Å². The average Bonchev–Trinajstić information content (AvgIpc) is 3.46. The molecule has 2 aliphatic rings. The smallest absolute Gasteiger partial charge is 0.244 e. The van der Waals surface area contributed by atoms with Gasteiger partial charge in [-0.3, -0.25) is 9.79 Å². The standard InChI is InChI=1S/C23H27N7O2/c1-3-28(4-2)20(31)15-30-22-18(14-25-30)21(17-6-5-16-7-8-24-19(16)13-17)26-23(27-22)29-9-11-32-12-10-29/h5-6,8,13-14H,3-4,7,9-12,15H2,1-2H3. The zero-order valence-corrected chi connectivity index (χ0v) is 18.5. The number of hydrogen-bond donors (Lipinski definition) is 0. The third-order valence-electron chi connectivity index (χ3n) is 6.08. The fraction of sp³-hybridized carbons (Fsp3) is 0.435. The van der Waals surface area contributed by atoms with Crippen molar-refractivity contribution in [2.24, 2.45) is 4.99 Å². The number of fused-ring (bicyclic) bond motifs is 2. The molecule has 0 spiro atoms. The number of nitrogens with zero attached hydrogens (tertiary/aromatic N) is 7. The van der Waals surface area contributed by atoms with Crippen LogP contribution in [0.5, 0.6) is 0 Å². The molecule has 0 bridgehead atoms. The first kappa shape index (κ1) is 20.6. The SMILES string of the molecule is CCN(CC)C(=O)Cn1ncc2c(-c3ccc4c(c3)N=CC4)nc(N3CCOCC3)nc21. The van der Waals surface area contributed by atoms with Crippen molar-refractivity contribution in [1.29, 1.82) is 0 Å². The van der Waals surface area contributed by atoms with Crippen molar-refractivity contribution in [3.8, 4) is 11.3 Å². The van der Waals surface area contributed by atoms with Crippen molar-refractivity contribution in [2.75, 3.05) is 44.3 Å². The number of amides is 1. The summed E-state index contributed by atoms with van der Waals surface area (Å²) in [5.41, 5.74) is 4.64. The van der Waals surface area contributed by atoms with Gasteiger partial charge in [0.1, 0.15) is 6.54 Å². The molecule has 0 atom stereocenters. The summed E-state index contributed by atoms with van der Waals surface area (Å²) in [5.74, 6) is 0.664. The summed E-state index contributed by atoms with van der Waals surface area (Å²) in [6.07, 6.45) is 4.55. The Morgan fingerprint density at radius 1 is 1.16 bits per heavy atom. The van der Waals surface area contributed by atoms with Crippen LogP contribution in [-0.4, -0.2) is 76.2 Å². The topological polar surface area (TPSA) is 88.7 Å². The van der Waals surface area contributed by atoms with Crippen LogP contribution in [0.3, 0.4) is 0 Å². The van der Waals surface area contributed by atoms with E-state index >= 15 is 0 Å². The molecule has 5 rings (SSSR count). The van der Waals surface area contributed by atoms with Crippen molar-refractivity contribution in [2.45, 2.75) is 26.8 Å². The molecule has 2 aliphatic heterocycles. The Hall–Kier alpha value is -3.33. The quantitative estimate of drug-likeness (QED) is 0.593. The third-order valence-corrected chi connectivity index (χ3v) is 6.08. The van der Waals surface area contributed by atoms with Gasteiger partial charge < -0.3 is 14.5 Å². The number of carbonyl (C=O) groups is 1. The monoisotopic (exact) mass is 433 g/mol. The Morgan fingerprint density at radius 3 is 2.75 bits per heavy atom. The van der Waals surface area contributed by atoms with Crippen LogP contribution in [0.25, 0.3) is 22.3 Å². The van der Waals surface area contributed by atoms with Gasteiger partial charge in [-0.05, 0) is 25.5 Å². The number of rotatable bonds is 6. The zero-order valence-electron chi connectivity index (χ0n) is 18.5. The second kappa shape index (κ2) is 8.66. The van der Waals surface area contributed by atoms with Crippen LogP contribution in [0.4, 0.5) is 11.6 Å². The van der Waals surface area contributed by atoms with E-state index in [1.807, 2.05) is 20.1 Å². The van der Waals surface area contributed by atoms with Crippen molar-refractivity contribution >= 4 is 34.8 Å². The average molecular weight is 434 g/mol. The van der Waals surface area contributed by atoms with Crippen LogP contribution in [0.2, 0.25) is 0 Å². The maximum absolute atomic E-state index is 12.8. The Morgan fingerprint density at radius 2 is 1.97 bits per heavy atom. The van der Waals surface area contributed by atoms with Crippen LogP contribution >= 0.6 is 0 Å². The summed E-state index contributed by atoms with van der Waals surface area (Å²) in [6.45, 7) is 8.20. The van der Waals surface area contributed by atoms with E-state index in [2.05, 4.69) is 33.2 Å². The third kappa shape index (κ3) is 3.73. The van der Waals surface area contributed by atoms with Gasteiger partial charge in [-0.15, -0.1) is 0 Å². The first-order valence-corrected chi connectivity index (χ1v) is 11.2. The number of hydrogen-bond acceptors (Lipinski definition) is 7. The molecule has 4 heterocycles. The lowest BCUT2D eigenvalue weighted by atomic mass is 10.0. The summed E-state index contributed by atoms with van der Waals surface area (Å²) in [6, 6.07) is 6.26. The van der Waals surface area contributed by atoms with Gasteiger partial charge in [0.2, 0.25) is 11.9 Å². The predicted octanol–water partition coefficient (Wildman–Crippen LogP) is 2.46. The van der Waals surface area contributed by atoms with E-state index in [0.717, 1.165) is 41.8 Å². The summed E-state index contributed by atoms with van der Waals surface area (Å²) < 4.78 is 7.20. The molecule has 32 heavy (non-hydrogen) atoms. The Kier molecular flexibility index (Phi) is 5.57. The minimum Gasteiger partial charge on any atom is -0.378 e. The van der Waals surface area contributed by atoms with Crippen LogP contribution in [-0.2, 0) is 22.5 Å². The van der Waals surface area contributed by atoms with E-state index in [4.69, 9.17) is 14.7 Å². The molecular weight excluding hydrogens is 406 g/mol. The van der Waals surface area contributed by atoms with E-state index < -0.39 is 0 Å². The second-order valence-corrected chi connectivity index (χ2v) is 7.94. The molecule has 0 unspecified atom stereocenters. The van der Waals surface area contributed by atoms with Gasteiger partial charge in [-0.2, -0.15) is 10.1 Å². The van der Waals surface area contributed by atoms with Crippen LogP contribution < -0.4 is 4.90 Å². The van der Waals surface area contributed by atoms with Gasteiger partial charge in [0.05, 0.1) is 36.2 Å². The van der Waals surface area contributed by atoms with E-state index in [1.54, 1.807) is 15.8 Å².